The van der Waals surface area contributed by atoms with Crippen molar-refractivity contribution in [2.45, 2.75) is 56.0 Å². The highest BCUT2D eigenvalue weighted by atomic mass is 32.2. The first kappa shape index (κ1) is 28.7. The van der Waals surface area contributed by atoms with Crippen molar-refractivity contribution in [2.75, 3.05) is 13.3 Å². The number of sulfone groups is 1. The molecule has 1 fully saturated rings. The minimum absolute atomic E-state index is 0.00548. The summed E-state index contributed by atoms with van der Waals surface area (Å²) in [5.74, 6) is -1.17. The molecule has 1 saturated carbocycles. The lowest BCUT2D eigenvalue weighted by Gasteiger charge is -2.43. The van der Waals surface area contributed by atoms with Gasteiger partial charge < -0.3 is 10.6 Å². The highest BCUT2D eigenvalue weighted by Crippen LogP contribution is 2.39. The maximum atomic E-state index is 14.9. The van der Waals surface area contributed by atoms with Crippen LogP contribution in [0.2, 0.25) is 0 Å². The zero-order valence-corrected chi connectivity index (χ0v) is 24.1. The summed E-state index contributed by atoms with van der Waals surface area (Å²) in [4.78, 5) is 22.2. The summed E-state index contributed by atoms with van der Waals surface area (Å²) in [7, 11) is -2.00. The number of nitrogens with zero attached hydrogens (tertiary/aromatic N) is 5. The van der Waals surface area contributed by atoms with Crippen LogP contribution >= 0.6 is 0 Å². The fraction of sp³-hybridized carbons (Fsp3) is 0.379. The average Bonchev–Trinajstić information content (AvgIpc) is 3.29. The number of rotatable bonds is 6. The van der Waals surface area contributed by atoms with E-state index in [-0.39, 0.29) is 35.5 Å². The molecule has 216 valence electrons. The molecule has 0 aliphatic heterocycles. The third-order valence-corrected chi connectivity index (χ3v) is 9.15. The molecule has 3 heterocycles. The number of nitrogens with two attached hydrogens (primary N) is 1. The van der Waals surface area contributed by atoms with Crippen LogP contribution in [-0.2, 0) is 21.1 Å². The van der Waals surface area contributed by atoms with Gasteiger partial charge >= 0.3 is 0 Å². The molecule has 0 spiro atoms. The van der Waals surface area contributed by atoms with Crippen LogP contribution in [0.4, 0.5) is 8.78 Å². The lowest BCUT2D eigenvalue weighted by atomic mass is 9.72. The summed E-state index contributed by atoms with van der Waals surface area (Å²) >= 11 is 0. The largest absolute Gasteiger partial charge is 0.341 e. The van der Waals surface area contributed by atoms with Crippen molar-refractivity contribution in [3.63, 3.8) is 0 Å². The quantitative estimate of drug-likeness (QED) is 0.367. The van der Waals surface area contributed by atoms with Gasteiger partial charge in [-0.1, -0.05) is 6.92 Å². The SMILES string of the molecule is CC(=O)N(C)[C@@H]1[C@H](N)C[C@H](c2ccncc2Cc2ncc3ccc(-c4c(F)cc(S(C)(=O)=O)cc4F)nn23)C[C@@H]1C. The van der Waals surface area contributed by atoms with E-state index in [9.17, 15) is 22.0 Å². The third-order valence-electron chi connectivity index (χ3n) is 8.06. The van der Waals surface area contributed by atoms with Crippen LogP contribution in [0.5, 0.6) is 0 Å². The number of carbonyl (C=O) groups excluding carboxylic acids is 1. The van der Waals surface area contributed by atoms with Crippen LogP contribution in [0.15, 0.2) is 53.8 Å². The molecular weight excluding hydrogens is 550 g/mol. The molecule has 0 unspecified atom stereocenters. The molecule has 1 amide bonds. The molecule has 0 radical (unpaired) electrons. The van der Waals surface area contributed by atoms with E-state index < -0.39 is 31.9 Å². The average molecular weight is 583 g/mol. The van der Waals surface area contributed by atoms with Crippen molar-refractivity contribution in [2.24, 2.45) is 11.7 Å². The number of hydrogen-bond acceptors (Lipinski definition) is 7. The highest BCUT2D eigenvalue weighted by molar-refractivity contribution is 7.90. The smallest absolute Gasteiger partial charge is 0.219 e. The normalized spacial score (nSPS) is 21.2. The number of benzene rings is 1. The number of aromatic nitrogens is 4. The Balaban J connectivity index is 1.47. The van der Waals surface area contributed by atoms with Crippen molar-refractivity contribution < 1.29 is 22.0 Å². The lowest BCUT2D eigenvalue weighted by molar-refractivity contribution is -0.131. The van der Waals surface area contributed by atoms with Crippen molar-refractivity contribution in [3.05, 3.63) is 77.5 Å². The standard InChI is InChI=1S/C29H32F2N6O3S/c1-16-9-18(10-25(32)29(16)36(3)17(2)38)22-7-8-33-14-19(22)11-27-34-15-20-5-6-26(35-37(20)27)28-23(30)12-21(13-24(28)31)41(4,39)40/h5-8,12-16,18,25,29H,9-11,32H2,1-4H3/t16-,18+,25+,29-/m0/s1. The van der Waals surface area contributed by atoms with Crippen molar-refractivity contribution in [1.29, 1.82) is 0 Å². The van der Waals surface area contributed by atoms with E-state index >= 15 is 0 Å². The Kier molecular flexibility index (Phi) is 7.64. The summed E-state index contributed by atoms with van der Waals surface area (Å²) in [5.41, 5.74) is 8.84. The predicted molar refractivity (Wildman–Crippen MR) is 150 cm³/mol. The van der Waals surface area contributed by atoms with Gasteiger partial charge in [0.05, 0.1) is 27.9 Å². The second-order valence-electron chi connectivity index (χ2n) is 10.9. The van der Waals surface area contributed by atoms with Gasteiger partial charge in [-0.15, -0.1) is 0 Å². The Labute approximate surface area is 237 Å². The van der Waals surface area contributed by atoms with Crippen LogP contribution in [-0.4, -0.2) is 64.2 Å². The monoisotopic (exact) mass is 582 g/mol. The Morgan fingerprint density at radius 3 is 2.49 bits per heavy atom. The molecule has 0 bridgehead atoms. The van der Waals surface area contributed by atoms with Gasteiger partial charge in [0, 0.05) is 51.1 Å². The van der Waals surface area contributed by atoms with E-state index in [1.165, 1.54) is 10.6 Å². The van der Waals surface area contributed by atoms with Crippen LogP contribution in [0.1, 0.15) is 49.6 Å². The minimum atomic E-state index is -3.79. The van der Waals surface area contributed by atoms with E-state index in [0.717, 1.165) is 35.9 Å². The van der Waals surface area contributed by atoms with E-state index in [0.29, 0.717) is 24.2 Å². The first-order chi connectivity index (χ1) is 19.3. The second kappa shape index (κ2) is 10.9. The van der Waals surface area contributed by atoms with Gasteiger partial charge in [0.15, 0.2) is 9.84 Å². The Morgan fingerprint density at radius 1 is 1.15 bits per heavy atom. The summed E-state index contributed by atoms with van der Waals surface area (Å²) in [5, 5.41) is 4.47. The van der Waals surface area contributed by atoms with Gasteiger partial charge in [0.1, 0.15) is 17.5 Å². The fourth-order valence-corrected chi connectivity index (χ4v) is 6.69. The molecule has 1 aliphatic rings. The molecule has 4 aromatic rings. The number of pyridine rings is 1. The first-order valence-corrected chi connectivity index (χ1v) is 15.2. The maximum Gasteiger partial charge on any atom is 0.219 e. The Morgan fingerprint density at radius 2 is 1.85 bits per heavy atom. The Hall–Kier alpha value is -3.77. The van der Waals surface area contributed by atoms with Crippen molar-refractivity contribution >= 4 is 21.3 Å². The van der Waals surface area contributed by atoms with Gasteiger partial charge in [-0.25, -0.2) is 26.7 Å². The van der Waals surface area contributed by atoms with E-state index in [2.05, 4.69) is 22.0 Å². The number of carbonyl (C=O) groups is 1. The molecule has 1 aliphatic carbocycles. The maximum absolute atomic E-state index is 14.9. The molecule has 1 aromatic carbocycles. The van der Waals surface area contributed by atoms with Gasteiger partial charge in [-0.2, -0.15) is 5.10 Å². The molecule has 2 N–H and O–H groups in total. The van der Waals surface area contributed by atoms with Crippen LogP contribution in [0.3, 0.4) is 0 Å². The predicted octanol–water partition coefficient (Wildman–Crippen LogP) is 3.75. The number of hydrogen-bond donors (Lipinski definition) is 1. The van der Waals surface area contributed by atoms with Gasteiger partial charge in [0.25, 0.3) is 0 Å². The van der Waals surface area contributed by atoms with Crippen molar-refractivity contribution in [1.82, 2.24) is 24.5 Å². The van der Waals surface area contributed by atoms with E-state index in [1.807, 2.05) is 6.07 Å². The lowest BCUT2D eigenvalue weighted by Crippen LogP contribution is -2.54. The number of imidazole rings is 1. The molecule has 9 nitrogen and oxygen atoms in total. The summed E-state index contributed by atoms with van der Waals surface area (Å²) in [6.07, 6.45) is 7.96. The molecular formula is C29H32F2N6O3S. The minimum Gasteiger partial charge on any atom is -0.341 e. The van der Waals surface area contributed by atoms with Gasteiger partial charge in [-0.05, 0) is 66.1 Å². The molecule has 12 heteroatoms. The fourth-order valence-electron chi connectivity index (χ4n) is 6.06. The number of amides is 1. The summed E-state index contributed by atoms with van der Waals surface area (Å²) < 4.78 is 55.0. The topological polar surface area (TPSA) is 124 Å². The first-order valence-electron chi connectivity index (χ1n) is 13.3. The van der Waals surface area contributed by atoms with E-state index in [1.54, 1.807) is 43.5 Å². The van der Waals surface area contributed by atoms with Crippen molar-refractivity contribution in [3.8, 4) is 11.3 Å². The van der Waals surface area contributed by atoms with Crippen LogP contribution < -0.4 is 5.73 Å². The van der Waals surface area contributed by atoms with Crippen LogP contribution in [0.25, 0.3) is 16.8 Å². The number of likely N-dealkylation sites (N-methyl/N-ethyl adjacent to an activating group) is 1. The molecule has 3 aromatic heterocycles. The van der Waals surface area contributed by atoms with Crippen LogP contribution in [0, 0.1) is 17.6 Å². The number of halogens is 2. The second-order valence-corrected chi connectivity index (χ2v) is 13.0. The Bertz CT molecular complexity index is 1710. The third kappa shape index (κ3) is 5.58. The van der Waals surface area contributed by atoms with E-state index in [4.69, 9.17) is 5.73 Å². The molecule has 5 rings (SSSR count). The number of fused-ring (bicyclic) bond motifs is 1. The zero-order chi connectivity index (χ0) is 29.6. The highest BCUT2D eigenvalue weighted by Gasteiger charge is 2.38. The summed E-state index contributed by atoms with van der Waals surface area (Å²) in [6, 6.07) is 6.47. The molecule has 4 atom stereocenters. The molecule has 41 heavy (non-hydrogen) atoms. The van der Waals surface area contributed by atoms with Gasteiger partial charge in [-0.3, -0.25) is 9.78 Å². The van der Waals surface area contributed by atoms with Gasteiger partial charge in [0.2, 0.25) is 5.91 Å². The summed E-state index contributed by atoms with van der Waals surface area (Å²) in [6.45, 7) is 3.67. The zero-order valence-electron chi connectivity index (χ0n) is 23.3. The molecule has 0 saturated heterocycles.